The molecule has 1 atom stereocenters. The minimum Gasteiger partial charge on any atom is -0.507 e. The second kappa shape index (κ2) is 6.03. The molecule has 0 radical (unpaired) electrons. The summed E-state index contributed by atoms with van der Waals surface area (Å²) in [5.41, 5.74) is -0.147. The van der Waals surface area contributed by atoms with Gasteiger partial charge in [-0.2, -0.15) is 4.31 Å². The summed E-state index contributed by atoms with van der Waals surface area (Å²) in [6.07, 6.45) is 2.43. The fourth-order valence-corrected chi connectivity index (χ4v) is 4.41. The molecule has 0 aliphatic carbocycles. The van der Waals surface area contributed by atoms with Crippen LogP contribution in [-0.2, 0) is 14.8 Å². The van der Waals surface area contributed by atoms with E-state index in [-0.39, 0.29) is 22.3 Å². The molecule has 116 valence electrons. The number of benzene rings is 1. The van der Waals surface area contributed by atoms with Gasteiger partial charge < -0.3 is 9.84 Å². The van der Waals surface area contributed by atoms with Crippen molar-refractivity contribution in [2.45, 2.75) is 37.1 Å². The molecule has 1 aliphatic heterocycles. The zero-order chi connectivity index (χ0) is 15.6. The van der Waals surface area contributed by atoms with Gasteiger partial charge in [-0.05, 0) is 37.5 Å². The number of hydrogen-bond acceptors (Lipinski definition) is 5. The van der Waals surface area contributed by atoms with Crippen LogP contribution in [0.4, 0.5) is 0 Å². The summed E-state index contributed by atoms with van der Waals surface area (Å²) in [5, 5.41) is 9.66. The maximum atomic E-state index is 12.7. The van der Waals surface area contributed by atoms with Crippen LogP contribution >= 0.6 is 0 Å². The van der Waals surface area contributed by atoms with E-state index in [0.717, 1.165) is 19.3 Å². The summed E-state index contributed by atoms with van der Waals surface area (Å²) in [4.78, 5) is 11.6. The number of rotatable bonds is 4. The summed E-state index contributed by atoms with van der Waals surface area (Å²) in [5.74, 6) is -1.06. The molecule has 1 aromatic rings. The van der Waals surface area contributed by atoms with E-state index in [2.05, 4.69) is 4.74 Å². The Morgan fingerprint density at radius 1 is 1.48 bits per heavy atom. The highest BCUT2D eigenvalue weighted by Gasteiger charge is 2.34. The van der Waals surface area contributed by atoms with Gasteiger partial charge in [0.15, 0.2) is 0 Å². The number of sulfonamides is 1. The first-order valence-electron chi connectivity index (χ1n) is 6.85. The van der Waals surface area contributed by atoms with E-state index in [1.807, 2.05) is 6.92 Å². The van der Waals surface area contributed by atoms with E-state index < -0.39 is 16.0 Å². The predicted molar refractivity (Wildman–Crippen MR) is 76.7 cm³/mol. The van der Waals surface area contributed by atoms with E-state index in [1.165, 1.54) is 29.6 Å². The van der Waals surface area contributed by atoms with Gasteiger partial charge in [-0.1, -0.05) is 6.92 Å². The predicted octanol–water partition coefficient (Wildman–Crippen LogP) is 1.74. The minimum absolute atomic E-state index is 0.000972. The van der Waals surface area contributed by atoms with E-state index in [1.54, 1.807) is 0 Å². The van der Waals surface area contributed by atoms with Crippen molar-refractivity contribution in [1.29, 1.82) is 0 Å². The van der Waals surface area contributed by atoms with Crippen molar-refractivity contribution in [2.24, 2.45) is 0 Å². The molecule has 1 N–H and O–H groups in total. The highest BCUT2D eigenvalue weighted by Crippen LogP contribution is 2.30. The SMILES string of the molecule is CCC1CCCN1S(=O)(=O)c1ccc(O)c(C(=O)OC)c1. The molecule has 6 nitrogen and oxygen atoms in total. The Kier molecular flexibility index (Phi) is 4.53. The number of ether oxygens (including phenoxy) is 1. The normalized spacial score (nSPS) is 19.6. The van der Waals surface area contributed by atoms with Crippen molar-refractivity contribution in [3.8, 4) is 5.75 Å². The van der Waals surface area contributed by atoms with E-state index in [0.29, 0.717) is 6.54 Å². The smallest absolute Gasteiger partial charge is 0.341 e. The van der Waals surface area contributed by atoms with Crippen LogP contribution in [0.25, 0.3) is 0 Å². The number of esters is 1. The van der Waals surface area contributed by atoms with Gasteiger partial charge in [-0.3, -0.25) is 0 Å². The van der Waals surface area contributed by atoms with Crippen LogP contribution in [0.3, 0.4) is 0 Å². The van der Waals surface area contributed by atoms with Crippen LogP contribution in [0.2, 0.25) is 0 Å². The van der Waals surface area contributed by atoms with Gasteiger partial charge in [-0.25, -0.2) is 13.2 Å². The average Bonchev–Trinajstić information content (AvgIpc) is 2.96. The molecule has 1 aromatic carbocycles. The molecule has 0 amide bonds. The van der Waals surface area contributed by atoms with Gasteiger partial charge in [0, 0.05) is 12.6 Å². The summed E-state index contributed by atoms with van der Waals surface area (Å²) >= 11 is 0. The lowest BCUT2D eigenvalue weighted by atomic mass is 10.2. The molecule has 1 heterocycles. The van der Waals surface area contributed by atoms with Crippen LogP contribution in [0.1, 0.15) is 36.5 Å². The van der Waals surface area contributed by atoms with Crippen LogP contribution < -0.4 is 0 Å². The summed E-state index contributed by atoms with van der Waals surface area (Å²) in [6.45, 7) is 2.44. The zero-order valence-corrected chi connectivity index (χ0v) is 12.9. The van der Waals surface area contributed by atoms with Crippen LogP contribution in [-0.4, -0.2) is 43.5 Å². The number of phenols is 1. The van der Waals surface area contributed by atoms with E-state index in [4.69, 9.17) is 0 Å². The van der Waals surface area contributed by atoms with Gasteiger partial charge in [0.1, 0.15) is 11.3 Å². The van der Waals surface area contributed by atoms with Crippen LogP contribution in [0, 0.1) is 0 Å². The van der Waals surface area contributed by atoms with Gasteiger partial charge in [0.05, 0.1) is 12.0 Å². The lowest BCUT2D eigenvalue weighted by molar-refractivity contribution is 0.0597. The van der Waals surface area contributed by atoms with Gasteiger partial charge in [0.2, 0.25) is 10.0 Å². The Hall–Kier alpha value is -1.60. The summed E-state index contributed by atoms with van der Waals surface area (Å²) < 4.78 is 31.4. The second-order valence-corrected chi connectivity index (χ2v) is 6.88. The fraction of sp³-hybridized carbons (Fsp3) is 0.500. The van der Waals surface area contributed by atoms with E-state index >= 15 is 0 Å². The van der Waals surface area contributed by atoms with Crippen LogP contribution in [0.5, 0.6) is 5.75 Å². The maximum Gasteiger partial charge on any atom is 0.341 e. The quantitative estimate of drug-likeness (QED) is 0.856. The third kappa shape index (κ3) is 2.89. The van der Waals surface area contributed by atoms with E-state index in [9.17, 15) is 18.3 Å². The Labute approximate surface area is 124 Å². The van der Waals surface area contributed by atoms with Crippen molar-refractivity contribution in [3.05, 3.63) is 23.8 Å². The number of carbonyl (C=O) groups is 1. The van der Waals surface area contributed by atoms with Crippen LogP contribution in [0.15, 0.2) is 23.1 Å². The summed E-state index contributed by atoms with van der Waals surface area (Å²) in [7, 11) is -2.49. The number of aromatic hydroxyl groups is 1. The molecule has 0 saturated carbocycles. The van der Waals surface area contributed by atoms with Crippen molar-refractivity contribution in [3.63, 3.8) is 0 Å². The molecule has 2 rings (SSSR count). The molecular formula is C14H19NO5S. The Morgan fingerprint density at radius 3 is 2.81 bits per heavy atom. The Balaban J connectivity index is 2.43. The zero-order valence-electron chi connectivity index (χ0n) is 12.1. The molecule has 21 heavy (non-hydrogen) atoms. The Bertz CT molecular complexity index is 641. The van der Waals surface area contributed by atoms with Gasteiger partial charge >= 0.3 is 5.97 Å². The molecule has 1 fully saturated rings. The maximum absolute atomic E-state index is 12.7. The van der Waals surface area contributed by atoms with Gasteiger partial charge in [0.25, 0.3) is 0 Å². The van der Waals surface area contributed by atoms with Crippen molar-refractivity contribution < 1.29 is 23.1 Å². The average molecular weight is 313 g/mol. The number of nitrogens with zero attached hydrogens (tertiary/aromatic N) is 1. The third-order valence-electron chi connectivity index (χ3n) is 3.77. The molecular weight excluding hydrogens is 294 g/mol. The molecule has 1 aliphatic rings. The highest BCUT2D eigenvalue weighted by atomic mass is 32.2. The first-order valence-corrected chi connectivity index (χ1v) is 8.29. The van der Waals surface area contributed by atoms with Gasteiger partial charge in [-0.15, -0.1) is 0 Å². The number of methoxy groups -OCH3 is 1. The highest BCUT2D eigenvalue weighted by molar-refractivity contribution is 7.89. The standard InChI is InChI=1S/C14H19NO5S/c1-3-10-5-4-8-15(10)21(18,19)11-6-7-13(16)12(9-11)14(17)20-2/h6-7,9-10,16H,3-5,8H2,1-2H3. The fourth-order valence-electron chi connectivity index (χ4n) is 2.62. The minimum atomic E-state index is -3.67. The van der Waals surface area contributed by atoms with Crippen molar-refractivity contribution in [2.75, 3.05) is 13.7 Å². The van der Waals surface area contributed by atoms with Crippen molar-refractivity contribution in [1.82, 2.24) is 4.31 Å². The first-order chi connectivity index (χ1) is 9.91. The Morgan fingerprint density at radius 2 is 2.19 bits per heavy atom. The number of carbonyl (C=O) groups excluding carboxylic acids is 1. The monoisotopic (exact) mass is 313 g/mol. The molecule has 0 bridgehead atoms. The third-order valence-corrected chi connectivity index (χ3v) is 5.72. The van der Waals surface area contributed by atoms with Crippen molar-refractivity contribution >= 4 is 16.0 Å². The lowest BCUT2D eigenvalue weighted by Gasteiger charge is -2.23. The molecule has 1 saturated heterocycles. The lowest BCUT2D eigenvalue weighted by Crippen LogP contribution is -2.35. The number of hydrogen-bond donors (Lipinski definition) is 1. The summed E-state index contributed by atoms with van der Waals surface area (Å²) in [6, 6.07) is 3.67. The second-order valence-electron chi connectivity index (χ2n) is 4.99. The number of phenolic OH excluding ortho intramolecular Hbond substituents is 1. The molecule has 7 heteroatoms. The molecule has 0 aromatic heterocycles. The topological polar surface area (TPSA) is 83.9 Å². The molecule has 0 spiro atoms. The molecule has 1 unspecified atom stereocenters. The largest absolute Gasteiger partial charge is 0.507 e. The first kappa shape index (κ1) is 15.8.